The lowest BCUT2D eigenvalue weighted by molar-refractivity contribution is -0.385. The van der Waals surface area contributed by atoms with Crippen LogP contribution in [-0.4, -0.2) is 10.8 Å². The molecule has 2 aromatic carbocycles. The minimum Gasteiger partial charge on any atom is -0.324 e. The molecule has 0 aliphatic heterocycles. The number of rotatable bonds is 4. The zero-order valence-corrected chi connectivity index (χ0v) is 11.3. The monoisotopic (exact) mass is 286 g/mol. The largest absolute Gasteiger partial charge is 0.324 e. The molecule has 0 saturated carbocycles. The molecule has 0 atom stereocenters. The van der Waals surface area contributed by atoms with Gasteiger partial charge in [0.15, 0.2) is 0 Å². The fourth-order valence-corrected chi connectivity index (χ4v) is 1.87. The van der Waals surface area contributed by atoms with Crippen molar-refractivity contribution in [3.63, 3.8) is 0 Å². The van der Waals surface area contributed by atoms with Crippen molar-refractivity contribution in [2.24, 2.45) is 5.84 Å². The van der Waals surface area contributed by atoms with E-state index in [4.69, 9.17) is 5.84 Å². The van der Waals surface area contributed by atoms with E-state index in [1.165, 1.54) is 12.1 Å². The molecule has 0 unspecified atom stereocenters. The predicted molar refractivity (Wildman–Crippen MR) is 80.0 cm³/mol. The van der Waals surface area contributed by atoms with Gasteiger partial charge in [-0.3, -0.25) is 20.8 Å². The maximum atomic E-state index is 12.1. The van der Waals surface area contributed by atoms with Crippen molar-refractivity contribution in [3.8, 4) is 0 Å². The van der Waals surface area contributed by atoms with Crippen molar-refractivity contribution < 1.29 is 9.72 Å². The fraction of sp³-hybridized carbons (Fsp3) is 0.0714. The highest BCUT2D eigenvalue weighted by Crippen LogP contribution is 2.25. The van der Waals surface area contributed by atoms with Crippen molar-refractivity contribution in [1.29, 1.82) is 0 Å². The van der Waals surface area contributed by atoms with Crippen molar-refractivity contribution in [2.75, 3.05) is 10.7 Å². The van der Waals surface area contributed by atoms with Crippen molar-refractivity contribution in [2.45, 2.75) is 6.92 Å². The number of nitrogens with two attached hydrogens (primary N) is 1. The van der Waals surface area contributed by atoms with Crippen LogP contribution in [-0.2, 0) is 0 Å². The number of nitrogens with zero attached hydrogens (tertiary/aromatic N) is 1. The first-order valence-electron chi connectivity index (χ1n) is 6.15. The number of carbonyl (C=O) groups is 1. The average molecular weight is 286 g/mol. The molecule has 4 N–H and O–H groups in total. The van der Waals surface area contributed by atoms with Gasteiger partial charge in [0.1, 0.15) is 0 Å². The second-order valence-corrected chi connectivity index (χ2v) is 4.38. The number of carbonyl (C=O) groups excluding carboxylic acids is 1. The molecule has 0 radical (unpaired) electrons. The third-order valence-corrected chi connectivity index (χ3v) is 3.06. The Hall–Kier alpha value is -2.93. The third kappa shape index (κ3) is 3.15. The molecule has 0 spiro atoms. The molecule has 21 heavy (non-hydrogen) atoms. The Balaban J connectivity index is 2.23. The van der Waals surface area contributed by atoms with E-state index >= 15 is 0 Å². The van der Waals surface area contributed by atoms with Gasteiger partial charge in [-0.2, -0.15) is 0 Å². The number of hydrogen-bond donors (Lipinski definition) is 3. The summed E-state index contributed by atoms with van der Waals surface area (Å²) in [5.41, 5.74) is 4.37. The van der Waals surface area contributed by atoms with E-state index in [1.54, 1.807) is 37.3 Å². The number of nitrogen functional groups attached to an aromatic ring is 1. The summed E-state index contributed by atoms with van der Waals surface area (Å²) in [6.07, 6.45) is 0. The minimum absolute atomic E-state index is 0.0320. The quantitative estimate of drug-likeness (QED) is 0.454. The molecule has 0 saturated heterocycles. The van der Waals surface area contributed by atoms with Gasteiger partial charge in [-0.05, 0) is 37.3 Å². The minimum atomic E-state index is -0.479. The summed E-state index contributed by atoms with van der Waals surface area (Å²) in [4.78, 5) is 22.5. The Bertz CT molecular complexity index is 683. The second-order valence-electron chi connectivity index (χ2n) is 4.38. The molecule has 0 bridgehead atoms. The molecule has 0 aliphatic carbocycles. The van der Waals surface area contributed by atoms with Crippen LogP contribution in [0.2, 0.25) is 0 Å². The van der Waals surface area contributed by atoms with Crippen molar-refractivity contribution >= 4 is 23.0 Å². The molecule has 108 valence electrons. The highest BCUT2D eigenvalue weighted by molar-refractivity contribution is 6.05. The first kappa shape index (κ1) is 14.5. The SMILES string of the molecule is Cc1c(NC(=O)c2ccc(NN)cc2)cccc1[N+](=O)[O-]. The summed E-state index contributed by atoms with van der Waals surface area (Å²) in [6.45, 7) is 1.59. The summed E-state index contributed by atoms with van der Waals surface area (Å²) < 4.78 is 0. The van der Waals surface area contributed by atoms with Gasteiger partial charge >= 0.3 is 0 Å². The predicted octanol–water partition coefficient (Wildman–Crippen LogP) is 2.44. The van der Waals surface area contributed by atoms with E-state index in [2.05, 4.69) is 10.7 Å². The molecule has 0 aromatic heterocycles. The number of nitrogens with one attached hydrogen (secondary N) is 2. The van der Waals surface area contributed by atoms with Crippen LogP contribution >= 0.6 is 0 Å². The molecular formula is C14H14N4O3. The maximum Gasteiger partial charge on any atom is 0.274 e. The molecule has 0 heterocycles. The third-order valence-electron chi connectivity index (χ3n) is 3.06. The average Bonchev–Trinajstić information content (AvgIpc) is 2.49. The maximum absolute atomic E-state index is 12.1. The molecule has 0 aliphatic rings. The highest BCUT2D eigenvalue weighted by atomic mass is 16.6. The van der Waals surface area contributed by atoms with Crippen molar-refractivity contribution in [1.82, 2.24) is 0 Å². The summed E-state index contributed by atoms with van der Waals surface area (Å²) in [5.74, 6) is 4.90. The van der Waals surface area contributed by atoms with Crippen LogP contribution in [0.3, 0.4) is 0 Å². The molecule has 7 heteroatoms. The molecule has 2 rings (SSSR count). The van der Waals surface area contributed by atoms with Gasteiger partial charge in [-0.25, -0.2) is 0 Å². The Kier molecular flexibility index (Phi) is 4.15. The van der Waals surface area contributed by atoms with E-state index < -0.39 is 4.92 Å². The Morgan fingerprint density at radius 1 is 1.19 bits per heavy atom. The topological polar surface area (TPSA) is 110 Å². The lowest BCUT2D eigenvalue weighted by atomic mass is 10.1. The van der Waals surface area contributed by atoms with Crippen molar-refractivity contribution in [3.05, 3.63) is 63.7 Å². The number of nitro groups is 1. The number of hydrazine groups is 1. The zero-order valence-electron chi connectivity index (χ0n) is 11.3. The van der Waals surface area contributed by atoms with Crippen LogP contribution < -0.4 is 16.6 Å². The number of anilines is 2. The van der Waals surface area contributed by atoms with Crippen LogP contribution in [0.15, 0.2) is 42.5 Å². The van der Waals surface area contributed by atoms with Gasteiger partial charge in [0.05, 0.1) is 16.2 Å². The van der Waals surface area contributed by atoms with Gasteiger partial charge in [0.25, 0.3) is 11.6 Å². The summed E-state index contributed by atoms with van der Waals surface area (Å²) >= 11 is 0. The van der Waals surface area contributed by atoms with Crippen LogP contribution in [0.5, 0.6) is 0 Å². The normalized spacial score (nSPS) is 10.0. The van der Waals surface area contributed by atoms with Gasteiger partial charge in [0, 0.05) is 17.3 Å². The second kappa shape index (κ2) is 6.02. The van der Waals surface area contributed by atoms with E-state index in [9.17, 15) is 14.9 Å². The van der Waals surface area contributed by atoms with Crippen LogP contribution in [0.4, 0.5) is 17.1 Å². The first-order valence-corrected chi connectivity index (χ1v) is 6.15. The van der Waals surface area contributed by atoms with Gasteiger partial charge in [-0.1, -0.05) is 6.07 Å². The molecule has 0 fully saturated rings. The van der Waals surface area contributed by atoms with Gasteiger partial charge in [0.2, 0.25) is 0 Å². The fourth-order valence-electron chi connectivity index (χ4n) is 1.87. The number of amides is 1. The summed E-state index contributed by atoms with van der Waals surface area (Å²) in [5, 5.41) is 13.5. The first-order chi connectivity index (χ1) is 10.0. The van der Waals surface area contributed by atoms with Crippen LogP contribution in [0.1, 0.15) is 15.9 Å². The van der Waals surface area contributed by atoms with E-state index in [0.29, 0.717) is 22.5 Å². The molecule has 7 nitrogen and oxygen atoms in total. The van der Waals surface area contributed by atoms with Crippen LogP contribution in [0.25, 0.3) is 0 Å². The van der Waals surface area contributed by atoms with Gasteiger partial charge < -0.3 is 10.7 Å². The van der Waals surface area contributed by atoms with Crippen LogP contribution in [0, 0.1) is 17.0 Å². The summed E-state index contributed by atoms with van der Waals surface area (Å²) in [6, 6.07) is 11.1. The Morgan fingerprint density at radius 3 is 2.43 bits per heavy atom. The molecule has 1 amide bonds. The summed E-state index contributed by atoms with van der Waals surface area (Å²) in [7, 11) is 0. The van der Waals surface area contributed by atoms with E-state index in [1.807, 2.05) is 0 Å². The smallest absolute Gasteiger partial charge is 0.274 e. The Morgan fingerprint density at radius 2 is 1.86 bits per heavy atom. The van der Waals surface area contributed by atoms with E-state index in [0.717, 1.165) is 0 Å². The molecular weight excluding hydrogens is 272 g/mol. The lowest BCUT2D eigenvalue weighted by Gasteiger charge is -2.09. The highest BCUT2D eigenvalue weighted by Gasteiger charge is 2.15. The zero-order chi connectivity index (χ0) is 15.4. The number of nitro benzene ring substituents is 1. The lowest BCUT2D eigenvalue weighted by Crippen LogP contribution is -2.13. The van der Waals surface area contributed by atoms with E-state index in [-0.39, 0.29) is 11.6 Å². The van der Waals surface area contributed by atoms with Gasteiger partial charge in [-0.15, -0.1) is 0 Å². The Labute approximate surface area is 120 Å². The standard InChI is InChI=1S/C14H14N4O3/c1-9-12(3-2-4-13(9)18(20)21)16-14(19)10-5-7-11(17-15)8-6-10/h2-8,17H,15H2,1H3,(H,16,19). The number of benzene rings is 2. The number of hydrogen-bond acceptors (Lipinski definition) is 5. The molecule has 2 aromatic rings.